The fraction of sp³-hybridized carbons (Fsp3) is 0.300. The zero-order valence-corrected chi connectivity index (χ0v) is 24.8. The van der Waals surface area contributed by atoms with Gasteiger partial charge < -0.3 is 14.0 Å². The number of aromatic nitrogens is 2. The molecule has 0 N–H and O–H groups in total. The smallest absolute Gasteiger partial charge is 0.338 e. The van der Waals surface area contributed by atoms with Crippen molar-refractivity contribution in [1.29, 1.82) is 0 Å². The maximum Gasteiger partial charge on any atom is 0.338 e. The number of nitrogens with zero attached hydrogens (tertiary/aromatic N) is 3. The zero-order valence-electron chi connectivity index (χ0n) is 22.4. The molecule has 1 aliphatic heterocycles. The van der Waals surface area contributed by atoms with Crippen LogP contribution in [0, 0.1) is 0 Å². The van der Waals surface area contributed by atoms with Crippen LogP contribution in [0.4, 0.5) is 0 Å². The summed E-state index contributed by atoms with van der Waals surface area (Å²) in [6, 6.07) is 13.0. The Hall–Kier alpha value is -3.43. The molecule has 0 radical (unpaired) electrons. The van der Waals surface area contributed by atoms with Crippen molar-refractivity contribution < 1.29 is 14.3 Å². The summed E-state index contributed by atoms with van der Waals surface area (Å²) in [4.78, 5) is 33.0. The predicted octanol–water partition coefficient (Wildman–Crippen LogP) is 5.32. The molecule has 4 aromatic rings. The van der Waals surface area contributed by atoms with Crippen LogP contribution in [-0.4, -0.2) is 28.8 Å². The van der Waals surface area contributed by atoms with E-state index in [4.69, 9.17) is 14.5 Å². The Labute approximate surface area is 238 Å². The van der Waals surface area contributed by atoms with Gasteiger partial charge in [-0.2, -0.15) is 0 Å². The molecule has 1 aliphatic rings. The lowest BCUT2D eigenvalue weighted by atomic mass is 9.93. The second kappa shape index (κ2) is 11.4. The highest BCUT2D eigenvalue weighted by Crippen LogP contribution is 2.38. The van der Waals surface area contributed by atoms with Gasteiger partial charge in [0.15, 0.2) is 4.80 Å². The fourth-order valence-electron chi connectivity index (χ4n) is 5.13. The summed E-state index contributed by atoms with van der Waals surface area (Å²) in [6.45, 7) is 6.95. The highest BCUT2D eigenvalue weighted by atomic mass is 79.9. The Kier molecular flexibility index (Phi) is 7.91. The van der Waals surface area contributed by atoms with Crippen LogP contribution >= 0.6 is 27.3 Å². The first-order valence-electron chi connectivity index (χ1n) is 13.0. The van der Waals surface area contributed by atoms with Crippen LogP contribution < -0.4 is 19.6 Å². The van der Waals surface area contributed by atoms with Gasteiger partial charge in [0, 0.05) is 39.2 Å². The van der Waals surface area contributed by atoms with Crippen LogP contribution in [0.3, 0.4) is 0 Å². The highest BCUT2D eigenvalue weighted by molar-refractivity contribution is 9.10. The van der Waals surface area contributed by atoms with Crippen LogP contribution in [0.2, 0.25) is 0 Å². The monoisotopic (exact) mass is 607 g/mol. The number of carbonyl (C=O) groups excluding carboxylic acids is 1. The topological polar surface area (TPSA) is 74.8 Å². The van der Waals surface area contributed by atoms with Gasteiger partial charge in [0.2, 0.25) is 0 Å². The number of esters is 1. The van der Waals surface area contributed by atoms with Crippen molar-refractivity contribution in [2.24, 2.45) is 4.99 Å². The number of methoxy groups -OCH3 is 1. The maximum absolute atomic E-state index is 14.1. The highest BCUT2D eigenvalue weighted by Gasteiger charge is 2.36. The molecule has 2 aromatic carbocycles. The molecule has 0 saturated carbocycles. The van der Waals surface area contributed by atoms with Gasteiger partial charge in [-0.1, -0.05) is 58.8 Å². The normalized spacial score (nSPS) is 15.4. The van der Waals surface area contributed by atoms with Crippen LogP contribution in [0.15, 0.2) is 74.2 Å². The number of hydrogen-bond acceptors (Lipinski definition) is 6. The Morgan fingerprint density at radius 2 is 1.97 bits per heavy atom. The lowest BCUT2D eigenvalue weighted by molar-refractivity contribution is -0.139. The number of allylic oxidation sites excluding steroid dienone is 1. The summed E-state index contributed by atoms with van der Waals surface area (Å²) >= 11 is 4.90. The number of benzene rings is 2. The van der Waals surface area contributed by atoms with E-state index in [1.807, 2.05) is 43.3 Å². The minimum Gasteiger partial charge on any atom is -0.496 e. The van der Waals surface area contributed by atoms with Crippen molar-refractivity contribution in [3.63, 3.8) is 0 Å². The first-order chi connectivity index (χ1) is 18.9. The van der Waals surface area contributed by atoms with E-state index < -0.39 is 12.0 Å². The first kappa shape index (κ1) is 27.1. The molecule has 0 fully saturated rings. The molecule has 7 nitrogen and oxygen atoms in total. The molecule has 0 bridgehead atoms. The molecular formula is C30H30BrN3O4S. The first-order valence-corrected chi connectivity index (χ1v) is 14.7. The summed E-state index contributed by atoms with van der Waals surface area (Å²) in [5.41, 5.74) is 3.57. The second-order valence-electron chi connectivity index (χ2n) is 9.19. The fourth-order valence-corrected chi connectivity index (χ4v) is 6.52. The Morgan fingerprint density at radius 1 is 1.18 bits per heavy atom. The average molecular weight is 609 g/mol. The standard InChI is InChI=1S/C30H30BrN3O4S/c1-5-10-22-26(29(36)38-7-3)27(21-16-19(31)13-14-24(21)37-4)34-28(35)25(39-30(34)32-22)15-18-17-33(6-2)23-12-9-8-11-20(18)23/h8-9,11-17,27H,5-7,10H2,1-4H3/b25-15+/t27-/m0/s1. The van der Waals surface area contributed by atoms with Crippen molar-refractivity contribution in [1.82, 2.24) is 9.13 Å². The van der Waals surface area contributed by atoms with Crippen LogP contribution in [-0.2, 0) is 16.1 Å². The van der Waals surface area contributed by atoms with E-state index in [0.717, 1.165) is 33.9 Å². The number of ether oxygens (including phenoxy) is 2. The molecule has 9 heteroatoms. The number of halogens is 1. The van der Waals surface area contributed by atoms with Gasteiger partial charge in [0.25, 0.3) is 5.56 Å². The third-order valence-electron chi connectivity index (χ3n) is 6.83. The van der Waals surface area contributed by atoms with Crippen molar-refractivity contribution in [2.45, 2.75) is 46.2 Å². The lowest BCUT2D eigenvalue weighted by Crippen LogP contribution is -2.40. The Bertz CT molecular complexity index is 1780. The van der Waals surface area contributed by atoms with Gasteiger partial charge >= 0.3 is 5.97 Å². The minimum absolute atomic E-state index is 0.212. The van der Waals surface area contributed by atoms with Crippen molar-refractivity contribution >= 4 is 50.2 Å². The van der Waals surface area contributed by atoms with Crippen LogP contribution in [0.5, 0.6) is 5.75 Å². The molecule has 0 spiro atoms. The zero-order chi connectivity index (χ0) is 27.7. The van der Waals surface area contributed by atoms with Gasteiger partial charge in [-0.15, -0.1) is 0 Å². The molecule has 0 saturated heterocycles. The van der Waals surface area contributed by atoms with Gasteiger partial charge in [-0.3, -0.25) is 9.36 Å². The summed E-state index contributed by atoms with van der Waals surface area (Å²) in [5, 5.41) is 1.08. The molecular weight excluding hydrogens is 578 g/mol. The van der Waals surface area contributed by atoms with E-state index in [1.165, 1.54) is 11.3 Å². The molecule has 0 unspecified atom stereocenters. The lowest BCUT2D eigenvalue weighted by Gasteiger charge is -2.27. The number of thiazole rings is 1. The van der Waals surface area contributed by atoms with Gasteiger partial charge in [-0.25, -0.2) is 9.79 Å². The Balaban J connectivity index is 1.82. The largest absolute Gasteiger partial charge is 0.496 e. The van der Waals surface area contributed by atoms with E-state index in [2.05, 4.69) is 45.8 Å². The van der Waals surface area contributed by atoms with Crippen LogP contribution in [0.25, 0.3) is 17.0 Å². The molecule has 3 heterocycles. The number of aryl methyl sites for hydroxylation is 1. The van der Waals surface area contributed by atoms with Gasteiger partial charge in [0.1, 0.15) is 11.8 Å². The molecule has 202 valence electrons. The summed E-state index contributed by atoms with van der Waals surface area (Å²) in [6.07, 6.45) is 5.37. The van der Waals surface area contributed by atoms with E-state index in [9.17, 15) is 9.59 Å². The van der Waals surface area contributed by atoms with E-state index >= 15 is 0 Å². The minimum atomic E-state index is -0.742. The van der Waals surface area contributed by atoms with Gasteiger partial charge in [0.05, 0.1) is 29.5 Å². The molecule has 0 aliphatic carbocycles. The second-order valence-corrected chi connectivity index (χ2v) is 11.1. The van der Waals surface area contributed by atoms with Gasteiger partial charge in [-0.05, 0) is 50.6 Å². The molecule has 2 aromatic heterocycles. The number of carbonyl (C=O) groups is 1. The third-order valence-corrected chi connectivity index (χ3v) is 8.30. The third kappa shape index (κ3) is 4.89. The van der Waals surface area contributed by atoms with Crippen molar-refractivity contribution in [3.8, 4) is 5.75 Å². The summed E-state index contributed by atoms with van der Waals surface area (Å²) in [7, 11) is 1.58. The van der Waals surface area contributed by atoms with E-state index in [1.54, 1.807) is 18.6 Å². The number of rotatable bonds is 8. The summed E-state index contributed by atoms with van der Waals surface area (Å²) < 4.78 is 16.4. The molecule has 5 rings (SSSR count). The number of hydrogen-bond donors (Lipinski definition) is 0. The molecule has 39 heavy (non-hydrogen) atoms. The van der Waals surface area contributed by atoms with Crippen molar-refractivity contribution in [3.05, 3.63) is 95.2 Å². The predicted molar refractivity (Wildman–Crippen MR) is 158 cm³/mol. The SMILES string of the molecule is CCCC1=C(C(=O)OCC)[C@H](c2cc(Br)ccc2OC)n2c(s/c(=C/c3cn(CC)c4ccccc34)c2=O)=N1. The quantitative estimate of drug-likeness (QED) is 0.254. The molecule has 1 atom stereocenters. The van der Waals surface area contributed by atoms with Crippen LogP contribution in [0.1, 0.15) is 50.8 Å². The average Bonchev–Trinajstić information content (AvgIpc) is 3.45. The Morgan fingerprint density at radius 3 is 2.69 bits per heavy atom. The molecule has 0 amide bonds. The number of fused-ring (bicyclic) bond motifs is 2. The number of para-hydroxylation sites is 1. The van der Waals surface area contributed by atoms with E-state index in [0.29, 0.717) is 38.3 Å². The maximum atomic E-state index is 14.1. The summed E-state index contributed by atoms with van der Waals surface area (Å²) in [5.74, 6) is 0.0976. The van der Waals surface area contributed by atoms with E-state index in [-0.39, 0.29) is 12.2 Å². The van der Waals surface area contributed by atoms with Crippen molar-refractivity contribution in [2.75, 3.05) is 13.7 Å².